The van der Waals surface area contributed by atoms with Crippen molar-refractivity contribution in [1.82, 2.24) is 20.2 Å². The summed E-state index contributed by atoms with van der Waals surface area (Å²) in [6, 6.07) is 7.49. The van der Waals surface area contributed by atoms with Crippen LogP contribution in [-0.4, -0.2) is 39.8 Å². The second kappa shape index (κ2) is 7.08. The lowest BCUT2D eigenvalue weighted by Crippen LogP contribution is -2.34. The fourth-order valence-corrected chi connectivity index (χ4v) is 2.58. The SMILES string of the molecule is CC(=O)NCCN1Cc2nc(NCc3ccncc3)ccc2C1=O. The molecule has 1 aliphatic heterocycles. The van der Waals surface area contributed by atoms with E-state index in [-0.39, 0.29) is 11.8 Å². The summed E-state index contributed by atoms with van der Waals surface area (Å²) in [7, 11) is 0. The highest BCUT2D eigenvalue weighted by Crippen LogP contribution is 2.22. The van der Waals surface area contributed by atoms with E-state index in [1.807, 2.05) is 18.2 Å². The second-order valence-corrected chi connectivity index (χ2v) is 5.61. The van der Waals surface area contributed by atoms with Gasteiger partial charge in [0, 0.05) is 39.0 Å². The van der Waals surface area contributed by atoms with Gasteiger partial charge in [-0.1, -0.05) is 0 Å². The first-order chi connectivity index (χ1) is 11.6. The molecular formula is C17H19N5O2. The molecule has 0 saturated carbocycles. The Balaban J connectivity index is 1.61. The lowest BCUT2D eigenvalue weighted by Gasteiger charge is -2.14. The summed E-state index contributed by atoms with van der Waals surface area (Å²) in [6.07, 6.45) is 3.50. The van der Waals surface area contributed by atoms with Crippen LogP contribution in [0.25, 0.3) is 0 Å². The zero-order valence-corrected chi connectivity index (χ0v) is 13.5. The van der Waals surface area contributed by atoms with Gasteiger partial charge in [0.15, 0.2) is 0 Å². The molecule has 7 heteroatoms. The molecule has 0 spiro atoms. The van der Waals surface area contributed by atoms with E-state index in [1.165, 1.54) is 6.92 Å². The summed E-state index contributed by atoms with van der Waals surface area (Å²) in [5.74, 6) is 0.602. The smallest absolute Gasteiger partial charge is 0.256 e. The number of aromatic nitrogens is 2. The minimum atomic E-state index is -0.0973. The Hall–Kier alpha value is -2.96. The zero-order chi connectivity index (χ0) is 16.9. The van der Waals surface area contributed by atoms with Gasteiger partial charge in [0.1, 0.15) is 5.82 Å². The molecule has 0 bridgehead atoms. The maximum Gasteiger partial charge on any atom is 0.256 e. The van der Waals surface area contributed by atoms with Gasteiger partial charge in [-0.25, -0.2) is 4.98 Å². The molecule has 0 aliphatic carbocycles. The molecule has 0 fully saturated rings. The maximum atomic E-state index is 12.3. The fraction of sp³-hybridized carbons (Fsp3) is 0.294. The van der Waals surface area contributed by atoms with Crippen LogP contribution in [0.1, 0.15) is 28.5 Å². The molecule has 1 aliphatic rings. The van der Waals surface area contributed by atoms with Gasteiger partial charge < -0.3 is 15.5 Å². The quantitative estimate of drug-likeness (QED) is 0.833. The van der Waals surface area contributed by atoms with Gasteiger partial charge in [0.2, 0.25) is 5.91 Å². The third-order valence-corrected chi connectivity index (χ3v) is 3.81. The van der Waals surface area contributed by atoms with E-state index in [9.17, 15) is 9.59 Å². The van der Waals surface area contributed by atoms with Crippen molar-refractivity contribution >= 4 is 17.6 Å². The molecule has 2 aromatic heterocycles. The monoisotopic (exact) mass is 325 g/mol. The van der Waals surface area contributed by atoms with E-state index >= 15 is 0 Å². The van der Waals surface area contributed by atoms with Crippen LogP contribution in [0.15, 0.2) is 36.7 Å². The summed E-state index contributed by atoms with van der Waals surface area (Å²) in [4.78, 5) is 33.4. The van der Waals surface area contributed by atoms with Crippen LogP contribution in [0.2, 0.25) is 0 Å². The van der Waals surface area contributed by atoms with Crippen molar-refractivity contribution in [3.8, 4) is 0 Å². The van der Waals surface area contributed by atoms with E-state index in [2.05, 4.69) is 20.6 Å². The molecular weight excluding hydrogens is 306 g/mol. The highest BCUT2D eigenvalue weighted by molar-refractivity contribution is 5.98. The molecule has 0 atom stereocenters. The number of hydrogen-bond acceptors (Lipinski definition) is 5. The molecule has 24 heavy (non-hydrogen) atoms. The minimum absolute atomic E-state index is 0.0384. The summed E-state index contributed by atoms with van der Waals surface area (Å²) >= 11 is 0. The van der Waals surface area contributed by atoms with Gasteiger partial charge >= 0.3 is 0 Å². The van der Waals surface area contributed by atoms with Crippen LogP contribution in [0.3, 0.4) is 0 Å². The molecule has 3 heterocycles. The summed E-state index contributed by atoms with van der Waals surface area (Å²) in [5, 5.41) is 5.95. The third-order valence-electron chi connectivity index (χ3n) is 3.81. The van der Waals surface area contributed by atoms with Crippen LogP contribution in [-0.2, 0) is 17.9 Å². The van der Waals surface area contributed by atoms with Crippen molar-refractivity contribution in [3.63, 3.8) is 0 Å². The van der Waals surface area contributed by atoms with Crippen LogP contribution >= 0.6 is 0 Å². The Morgan fingerprint density at radius 2 is 2.04 bits per heavy atom. The van der Waals surface area contributed by atoms with E-state index in [0.717, 1.165) is 17.1 Å². The highest BCUT2D eigenvalue weighted by atomic mass is 16.2. The van der Waals surface area contributed by atoms with Crippen molar-refractivity contribution in [2.24, 2.45) is 0 Å². The van der Waals surface area contributed by atoms with Crippen LogP contribution < -0.4 is 10.6 Å². The largest absolute Gasteiger partial charge is 0.366 e. The summed E-state index contributed by atoms with van der Waals surface area (Å²) in [5.41, 5.74) is 2.51. The number of fused-ring (bicyclic) bond motifs is 1. The number of anilines is 1. The molecule has 0 aromatic carbocycles. The second-order valence-electron chi connectivity index (χ2n) is 5.61. The average Bonchev–Trinajstić information content (AvgIpc) is 2.89. The van der Waals surface area contributed by atoms with Gasteiger partial charge in [0.25, 0.3) is 5.91 Å². The first-order valence-electron chi connectivity index (χ1n) is 7.80. The van der Waals surface area contributed by atoms with Crippen molar-refractivity contribution in [2.75, 3.05) is 18.4 Å². The average molecular weight is 325 g/mol. The number of nitrogens with zero attached hydrogens (tertiary/aromatic N) is 3. The maximum absolute atomic E-state index is 12.3. The Morgan fingerprint density at radius 3 is 2.79 bits per heavy atom. The topological polar surface area (TPSA) is 87.2 Å². The number of rotatable bonds is 6. The van der Waals surface area contributed by atoms with Gasteiger partial charge in [-0.15, -0.1) is 0 Å². The first kappa shape index (κ1) is 15.9. The Bertz CT molecular complexity index is 748. The fourth-order valence-electron chi connectivity index (χ4n) is 2.58. The van der Waals surface area contributed by atoms with Gasteiger partial charge in [-0.3, -0.25) is 14.6 Å². The highest BCUT2D eigenvalue weighted by Gasteiger charge is 2.28. The molecule has 0 saturated heterocycles. The third kappa shape index (κ3) is 3.68. The number of pyridine rings is 2. The van der Waals surface area contributed by atoms with Crippen molar-refractivity contribution < 1.29 is 9.59 Å². The number of nitrogens with one attached hydrogen (secondary N) is 2. The van der Waals surface area contributed by atoms with E-state index in [1.54, 1.807) is 23.4 Å². The van der Waals surface area contributed by atoms with E-state index < -0.39 is 0 Å². The normalized spacial score (nSPS) is 12.9. The standard InChI is InChI=1S/C17H19N5O2/c1-12(23)19-8-9-22-11-15-14(17(22)24)2-3-16(21-15)20-10-13-4-6-18-7-5-13/h2-7H,8-11H2,1H3,(H,19,23)(H,20,21). The van der Waals surface area contributed by atoms with Gasteiger partial charge in [-0.05, 0) is 29.8 Å². The van der Waals surface area contributed by atoms with Crippen molar-refractivity contribution in [2.45, 2.75) is 20.0 Å². The van der Waals surface area contributed by atoms with E-state index in [0.29, 0.717) is 31.7 Å². The van der Waals surface area contributed by atoms with Crippen LogP contribution in [0.5, 0.6) is 0 Å². The lowest BCUT2D eigenvalue weighted by atomic mass is 10.2. The Labute approximate surface area is 140 Å². The van der Waals surface area contributed by atoms with Crippen molar-refractivity contribution in [3.05, 3.63) is 53.5 Å². The first-order valence-corrected chi connectivity index (χ1v) is 7.80. The van der Waals surface area contributed by atoms with E-state index in [4.69, 9.17) is 0 Å². The number of hydrogen-bond donors (Lipinski definition) is 2. The molecule has 2 amide bonds. The molecule has 3 rings (SSSR count). The predicted octanol–water partition coefficient (Wildman–Crippen LogP) is 1.18. The molecule has 124 valence electrons. The summed E-state index contributed by atoms with van der Waals surface area (Å²) in [6.45, 7) is 3.51. The molecule has 2 N–H and O–H groups in total. The summed E-state index contributed by atoms with van der Waals surface area (Å²) < 4.78 is 0. The number of amides is 2. The lowest BCUT2D eigenvalue weighted by molar-refractivity contribution is -0.119. The molecule has 0 unspecified atom stereocenters. The Morgan fingerprint density at radius 1 is 1.25 bits per heavy atom. The number of carbonyl (C=O) groups excluding carboxylic acids is 2. The predicted molar refractivity (Wildman–Crippen MR) is 89.2 cm³/mol. The van der Waals surface area contributed by atoms with Crippen LogP contribution in [0, 0.1) is 0 Å². The van der Waals surface area contributed by atoms with Crippen LogP contribution in [0.4, 0.5) is 5.82 Å². The Kier molecular flexibility index (Phi) is 4.69. The van der Waals surface area contributed by atoms with Gasteiger partial charge in [-0.2, -0.15) is 0 Å². The minimum Gasteiger partial charge on any atom is -0.366 e. The number of carbonyl (C=O) groups is 2. The molecule has 2 aromatic rings. The van der Waals surface area contributed by atoms with Crippen molar-refractivity contribution in [1.29, 1.82) is 0 Å². The zero-order valence-electron chi connectivity index (χ0n) is 13.5. The molecule has 7 nitrogen and oxygen atoms in total. The van der Waals surface area contributed by atoms with Gasteiger partial charge in [0.05, 0.1) is 17.8 Å². The molecule has 0 radical (unpaired) electrons.